The number of carbonyl (C=O) groups is 1. The summed E-state index contributed by atoms with van der Waals surface area (Å²) >= 11 is 6.74. The van der Waals surface area contributed by atoms with Crippen molar-refractivity contribution in [3.8, 4) is 0 Å². The molecule has 0 unspecified atom stereocenters. The molecule has 0 fully saturated rings. The summed E-state index contributed by atoms with van der Waals surface area (Å²) in [6.45, 7) is 1.63. The van der Waals surface area contributed by atoms with E-state index in [1.54, 1.807) is 6.92 Å². The van der Waals surface area contributed by atoms with Crippen molar-refractivity contribution in [1.82, 2.24) is 4.98 Å². The highest BCUT2D eigenvalue weighted by molar-refractivity contribution is 7.15. The number of nitrogens with zero attached hydrogens (tertiary/aromatic N) is 1. The number of hydrogen-bond acceptors (Lipinski definition) is 3. The van der Waals surface area contributed by atoms with Gasteiger partial charge in [0.1, 0.15) is 5.69 Å². The van der Waals surface area contributed by atoms with Gasteiger partial charge in [-0.15, -0.1) is 11.3 Å². The van der Waals surface area contributed by atoms with Crippen LogP contribution >= 0.6 is 22.9 Å². The number of benzene rings is 1. The SMILES string of the molecule is Cc1sc(Cl)nc1C(=O)Nc1cc(F)c(F)c(F)c1. The highest BCUT2D eigenvalue weighted by Crippen LogP contribution is 2.23. The predicted molar refractivity (Wildman–Crippen MR) is 66.1 cm³/mol. The zero-order valence-corrected chi connectivity index (χ0v) is 11.0. The van der Waals surface area contributed by atoms with E-state index in [9.17, 15) is 18.0 Å². The molecule has 1 aromatic carbocycles. The molecule has 0 aliphatic rings. The molecule has 19 heavy (non-hydrogen) atoms. The smallest absolute Gasteiger partial charge is 0.275 e. The lowest BCUT2D eigenvalue weighted by atomic mass is 10.2. The lowest BCUT2D eigenvalue weighted by molar-refractivity contribution is 0.102. The number of aromatic nitrogens is 1. The lowest BCUT2D eigenvalue weighted by Gasteiger charge is -2.05. The van der Waals surface area contributed by atoms with Gasteiger partial charge < -0.3 is 5.32 Å². The van der Waals surface area contributed by atoms with Crippen molar-refractivity contribution in [2.24, 2.45) is 0 Å². The molecule has 0 spiro atoms. The van der Waals surface area contributed by atoms with Gasteiger partial charge in [-0.2, -0.15) is 0 Å². The summed E-state index contributed by atoms with van der Waals surface area (Å²) < 4.78 is 38.9. The molecular formula is C11H6ClF3N2OS. The molecule has 1 amide bonds. The van der Waals surface area contributed by atoms with Crippen LogP contribution in [0.3, 0.4) is 0 Å². The summed E-state index contributed by atoms with van der Waals surface area (Å²) in [5.74, 6) is -5.04. The first-order chi connectivity index (χ1) is 8.88. The average Bonchev–Trinajstić information content (AvgIpc) is 2.65. The first kappa shape index (κ1) is 13.8. The normalized spacial score (nSPS) is 10.6. The molecule has 1 heterocycles. The number of halogens is 4. The minimum atomic E-state index is -1.59. The fraction of sp³-hybridized carbons (Fsp3) is 0.0909. The molecule has 1 aromatic heterocycles. The molecule has 8 heteroatoms. The molecular weight excluding hydrogens is 301 g/mol. The third kappa shape index (κ3) is 2.87. The maximum Gasteiger partial charge on any atom is 0.275 e. The zero-order valence-electron chi connectivity index (χ0n) is 9.43. The Bertz CT molecular complexity index is 636. The van der Waals surface area contributed by atoms with Crippen LogP contribution in [-0.2, 0) is 0 Å². The van der Waals surface area contributed by atoms with E-state index in [2.05, 4.69) is 10.3 Å². The number of rotatable bonds is 2. The fourth-order valence-electron chi connectivity index (χ4n) is 1.39. The number of carbonyl (C=O) groups excluding carboxylic acids is 1. The molecule has 1 N–H and O–H groups in total. The quantitative estimate of drug-likeness (QED) is 0.858. The van der Waals surface area contributed by atoms with E-state index in [0.29, 0.717) is 17.0 Å². The van der Waals surface area contributed by atoms with E-state index in [4.69, 9.17) is 11.6 Å². The Morgan fingerprint density at radius 2 is 1.89 bits per heavy atom. The van der Waals surface area contributed by atoms with E-state index in [1.807, 2.05) is 0 Å². The average molecular weight is 307 g/mol. The van der Waals surface area contributed by atoms with Gasteiger partial charge in [0.25, 0.3) is 5.91 Å². The molecule has 100 valence electrons. The molecule has 2 rings (SSSR count). The third-order valence-electron chi connectivity index (χ3n) is 2.23. The zero-order chi connectivity index (χ0) is 14.2. The van der Waals surface area contributed by atoms with Gasteiger partial charge in [-0.1, -0.05) is 11.6 Å². The molecule has 3 nitrogen and oxygen atoms in total. The van der Waals surface area contributed by atoms with Crippen LogP contribution in [0.2, 0.25) is 4.47 Å². The Labute approximate surface area is 115 Å². The molecule has 0 atom stereocenters. The second kappa shape index (κ2) is 5.18. The molecule has 0 aliphatic heterocycles. The molecule has 0 radical (unpaired) electrons. The largest absolute Gasteiger partial charge is 0.320 e. The highest BCUT2D eigenvalue weighted by Gasteiger charge is 2.17. The molecule has 0 saturated carbocycles. The van der Waals surface area contributed by atoms with Crippen LogP contribution in [0, 0.1) is 24.4 Å². The summed E-state index contributed by atoms with van der Waals surface area (Å²) in [6.07, 6.45) is 0. The van der Waals surface area contributed by atoms with Gasteiger partial charge in [-0.25, -0.2) is 18.2 Å². The summed E-state index contributed by atoms with van der Waals surface area (Å²) in [4.78, 5) is 16.1. The first-order valence-corrected chi connectivity index (χ1v) is 6.16. The van der Waals surface area contributed by atoms with Gasteiger partial charge in [0.15, 0.2) is 21.9 Å². The number of anilines is 1. The predicted octanol–water partition coefficient (Wildman–Crippen LogP) is 3.77. The second-order valence-electron chi connectivity index (χ2n) is 3.58. The molecule has 0 saturated heterocycles. The number of hydrogen-bond donors (Lipinski definition) is 1. The molecule has 0 aliphatic carbocycles. The van der Waals surface area contributed by atoms with Crippen LogP contribution in [0.25, 0.3) is 0 Å². The molecule has 0 bridgehead atoms. The Morgan fingerprint density at radius 1 is 1.32 bits per heavy atom. The summed E-state index contributed by atoms with van der Waals surface area (Å²) in [5.41, 5.74) is -0.148. The molecule has 2 aromatic rings. The van der Waals surface area contributed by atoms with Crippen molar-refractivity contribution < 1.29 is 18.0 Å². The van der Waals surface area contributed by atoms with Crippen LogP contribution in [0.1, 0.15) is 15.4 Å². The standard InChI is InChI=1S/C11H6ClF3N2OS/c1-4-9(17-11(12)19-4)10(18)16-5-2-6(13)8(15)7(14)3-5/h2-3H,1H3,(H,16,18). The monoisotopic (exact) mass is 306 g/mol. The van der Waals surface area contributed by atoms with Crippen molar-refractivity contribution in [3.05, 3.63) is 44.6 Å². The minimum Gasteiger partial charge on any atom is -0.320 e. The van der Waals surface area contributed by atoms with E-state index in [1.165, 1.54) is 0 Å². The third-order valence-corrected chi connectivity index (χ3v) is 3.30. The minimum absolute atomic E-state index is 0.0557. The van der Waals surface area contributed by atoms with E-state index in [-0.39, 0.29) is 15.8 Å². The topological polar surface area (TPSA) is 42.0 Å². The van der Waals surface area contributed by atoms with Gasteiger partial charge in [-0.3, -0.25) is 4.79 Å². The number of nitrogens with one attached hydrogen (secondary N) is 1. The highest BCUT2D eigenvalue weighted by atomic mass is 35.5. The lowest BCUT2D eigenvalue weighted by Crippen LogP contribution is -2.14. The van der Waals surface area contributed by atoms with Crippen molar-refractivity contribution in [2.45, 2.75) is 6.92 Å². The van der Waals surface area contributed by atoms with Crippen LogP contribution in [0.4, 0.5) is 18.9 Å². The Hall–Kier alpha value is -1.60. The van der Waals surface area contributed by atoms with E-state index in [0.717, 1.165) is 11.3 Å². The van der Waals surface area contributed by atoms with Gasteiger partial charge in [0, 0.05) is 22.7 Å². The fourth-order valence-corrected chi connectivity index (χ4v) is 2.45. The van der Waals surface area contributed by atoms with E-state index < -0.39 is 23.4 Å². The van der Waals surface area contributed by atoms with E-state index >= 15 is 0 Å². The van der Waals surface area contributed by atoms with Crippen molar-refractivity contribution in [2.75, 3.05) is 5.32 Å². The Kier molecular flexibility index (Phi) is 3.77. The number of aryl methyl sites for hydroxylation is 1. The Morgan fingerprint density at radius 3 is 2.37 bits per heavy atom. The van der Waals surface area contributed by atoms with Gasteiger partial charge >= 0.3 is 0 Å². The van der Waals surface area contributed by atoms with Crippen molar-refractivity contribution in [1.29, 1.82) is 0 Å². The summed E-state index contributed by atoms with van der Waals surface area (Å²) in [7, 11) is 0. The van der Waals surface area contributed by atoms with Gasteiger partial charge in [-0.05, 0) is 6.92 Å². The maximum absolute atomic E-state index is 13.0. The van der Waals surface area contributed by atoms with Gasteiger partial charge in [0.05, 0.1) is 0 Å². The van der Waals surface area contributed by atoms with Crippen molar-refractivity contribution >= 4 is 34.5 Å². The summed E-state index contributed by atoms with van der Waals surface area (Å²) in [6, 6.07) is 1.36. The maximum atomic E-state index is 13.0. The van der Waals surface area contributed by atoms with Gasteiger partial charge in [0.2, 0.25) is 0 Å². The van der Waals surface area contributed by atoms with Crippen LogP contribution in [-0.4, -0.2) is 10.9 Å². The first-order valence-electron chi connectivity index (χ1n) is 4.97. The van der Waals surface area contributed by atoms with Crippen LogP contribution in [0.5, 0.6) is 0 Å². The Balaban J connectivity index is 2.27. The second-order valence-corrected chi connectivity index (χ2v) is 5.36. The number of thiazole rings is 1. The summed E-state index contributed by atoms with van der Waals surface area (Å²) in [5, 5.41) is 2.22. The number of amides is 1. The van der Waals surface area contributed by atoms with Crippen molar-refractivity contribution in [3.63, 3.8) is 0 Å². The van der Waals surface area contributed by atoms with Crippen LogP contribution in [0.15, 0.2) is 12.1 Å². The van der Waals surface area contributed by atoms with Crippen LogP contribution < -0.4 is 5.32 Å².